The van der Waals surface area contributed by atoms with Crippen molar-refractivity contribution in [3.05, 3.63) is 77.6 Å². The Morgan fingerprint density at radius 3 is 2.57 bits per heavy atom. The number of hydrogen-bond acceptors (Lipinski definition) is 13. The Kier molecular flexibility index (Phi) is 13.3. The molecule has 332 valence electrons. The molecule has 3 saturated heterocycles. The molecule has 3 N–H and O–H groups in total. The molecule has 1 saturated carbocycles. The quantitative estimate of drug-likeness (QED) is 0.121. The number of rotatable bonds is 10. The zero-order valence-corrected chi connectivity index (χ0v) is 35.8. The number of carbonyl (C=O) groups is 2. The van der Waals surface area contributed by atoms with E-state index in [0.717, 1.165) is 51.8 Å². The number of aryl methyl sites for hydroxylation is 1. The molecule has 5 aromatic rings. The number of urea groups is 1. The van der Waals surface area contributed by atoms with E-state index in [1.54, 1.807) is 59.7 Å². The van der Waals surface area contributed by atoms with Crippen molar-refractivity contribution in [2.75, 3.05) is 56.1 Å². The van der Waals surface area contributed by atoms with Gasteiger partial charge in [-0.15, -0.1) is 0 Å². The van der Waals surface area contributed by atoms with E-state index >= 15 is 8.78 Å². The van der Waals surface area contributed by atoms with Crippen molar-refractivity contribution in [2.45, 2.75) is 75.1 Å². The molecule has 63 heavy (non-hydrogen) atoms. The predicted molar refractivity (Wildman–Crippen MR) is 232 cm³/mol. The van der Waals surface area contributed by atoms with Gasteiger partial charge in [-0.05, 0) is 99.9 Å². The third kappa shape index (κ3) is 9.55. The van der Waals surface area contributed by atoms with Crippen LogP contribution in [0, 0.1) is 23.0 Å². The fourth-order valence-corrected chi connectivity index (χ4v) is 9.65. The van der Waals surface area contributed by atoms with Gasteiger partial charge in [0.2, 0.25) is 5.91 Å². The third-order valence-corrected chi connectivity index (χ3v) is 13.2. The molecule has 4 aliphatic rings. The Hall–Kier alpha value is -5.52. The SMILES string of the molecule is CN(CCO)SNc1ccc(F)c(Oc2ccc3nccnc3c2)c1C#N.Cn1nc(N2CCC(=O)NC2=O)c2cc(F)c(C3CCC(N4CCC5(CCCO5)CC4)C(F)C3)cc21. The Balaban J connectivity index is 0.000000181. The molecule has 3 atom stereocenters. The predicted octanol–water partition coefficient (Wildman–Crippen LogP) is 7.11. The fourth-order valence-electron chi connectivity index (χ4n) is 9.05. The van der Waals surface area contributed by atoms with Gasteiger partial charge in [0.25, 0.3) is 0 Å². The van der Waals surface area contributed by atoms with Crippen LogP contribution in [0.15, 0.2) is 54.9 Å². The van der Waals surface area contributed by atoms with Gasteiger partial charge in [-0.3, -0.25) is 34.6 Å². The molecule has 19 heteroatoms. The maximum absolute atomic E-state index is 15.5. The van der Waals surface area contributed by atoms with E-state index in [9.17, 15) is 19.2 Å². The van der Waals surface area contributed by atoms with Gasteiger partial charge in [0, 0.05) is 88.3 Å². The minimum absolute atomic E-state index is 0.00107. The average Bonchev–Trinajstić information content (AvgIpc) is 3.87. The van der Waals surface area contributed by atoms with Crippen LogP contribution in [-0.4, -0.2) is 110 Å². The summed E-state index contributed by atoms with van der Waals surface area (Å²) in [5.74, 6) is -1.09. The van der Waals surface area contributed by atoms with Crippen LogP contribution in [0.4, 0.5) is 29.5 Å². The number of imide groups is 1. The van der Waals surface area contributed by atoms with Gasteiger partial charge in [-0.1, -0.05) is 0 Å². The van der Waals surface area contributed by atoms with E-state index in [2.05, 4.69) is 30.0 Å². The minimum atomic E-state index is -1.01. The van der Waals surface area contributed by atoms with Crippen LogP contribution >= 0.6 is 12.1 Å². The first-order valence-corrected chi connectivity index (χ1v) is 21.9. The number of carbonyl (C=O) groups excluding carboxylic acids is 2. The second kappa shape index (κ2) is 19.1. The molecule has 1 spiro atoms. The standard InChI is InChI=1S/C26H33F2N5O3.C18H16FN5O2S/c1-31-22-15-17(19(27)14-18(22)24(30-31)33-9-5-23(34)29-25(33)35)16-3-4-21(20(28)13-16)32-10-7-26(8-11-32)6-2-12-36-26;1-24(8-9-25)27-23-15-5-3-14(19)18(13(15)11-20)26-12-2-4-16-17(10-12)22-7-6-21-16/h14-16,20-21H,2-13H2,1H3,(H,29,34,35);2-7,10,23,25H,8-9H2,1H3. The lowest BCUT2D eigenvalue weighted by Gasteiger charge is -2.45. The Bertz CT molecular complexity index is 2520. The van der Waals surface area contributed by atoms with Crippen LogP contribution in [0.2, 0.25) is 0 Å². The molecule has 3 amide bonds. The number of nitrogens with zero attached hydrogens (tertiary/aromatic N) is 8. The van der Waals surface area contributed by atoms with E-state index in [1.165, 1.54) is 35.2 Å². The topological polar surface area (TPSA) is 174 Å². The van der Waals surface area contributed by atoms with E-state index in [1.807, 2.05) is 6.07 Å². The van der Waals surface area contributed by atoms with Crippen molar-refractivity contribution < 1.29 is 37.3 Å². The number of hydrogen-bond donors (Lipinski definition) is 3. The maximum atomic E-state index is 15.5. The normalized spacial score (nSPS) is 21.4. The lowest BCUT2D eigenvalue weighted by atomic mass is 9.78. The van der Waals surface area contributed by atoms with Crippen molar-refractivity contribution in [3.63, 3.8) is 0 Å². The number of ether oxygens (including phenoxy) is 2. The number of alkyl halides is 1. The first-order chi connectivity index (χ1) is 30.5. The lowest BCUT2D eigenvalue weighted by Crippen LogP contribution is -2.52. The molecule has 0 radical (unpaired) electrons. The lowest BCUT2D eigenvalue weighted by molar-refractivity contribution is -0.120. The third-order valence-electron chi connectivity index (χ3n) is 12.4. The maximum Gasteiger partial charge on any atom is 0.329 e. The molecule has 5 heterocycles. The summed E-state index contributed by atoms with van der Waals surface area (Å²) in [5, 5.41) is 25.7. The molecule has 3 unspecified atom stereocenters. The number of aromatic nitrogens is 4. The fraction of sp³-hybridized carbons (Fsp3) is 0.455. The number of nitriles is 1. The number of nitrogens with one attached hydrogen (secondary N) is 2. The number of likely N-dealkylation sites (tertiary alicyclic amines) is 1. The number of anilines is 2. The largest absolute Gasteiger partial charge is 0.453 e. The molecule has 0 bridgehead atoms. The van der Waals surface area contributed by atoms with Crippen LogP contribution in [0.25, 0.3) is 21.9 Å². The van der Waals surface area contributed by atoms with Crippen LogP contribution in [-0.2, 0) is 16.6 Å². The summed E-state index contributed by atoms with van der Waals surface area (Å²) in [4.78, 5) is 35.9. The highest BCUT2D eigenvalue weighted by Crippen LogP contribution is 2.43. The minimum Gasteiger partial charge on any atom is -0.453 e. The molecule has 2 aromatic heterocycles. The summed E-state index contributed by atoms with van der Waals surface area (Å²) in [5.41, 5.74) is 2.94. The molecule has 4 fully saturated rings. The van der Waals surface area contributed by atoms with Crippen molar-refractivity contribution in [3.8, 4) is 17.6 Å². The number of aliphatic hydroxyl groups is 1. The first-order valence-electron chi connectivity index (χ1n) is 21.1. The van der Waals surface area contributed by atoms with Gasteiger partial charge in [0.05, 0.1) is 34.4 Å². The van der Waals surface area contributed by atoms with Gasteiger partial charge in [0.15, 0.2) is 17.4 Å². The van der Waals surface area contributed by atoms with Crippen LogP contribution in [0.5, 0.6) is 11.5 Å². The number of fused-ring (bicyclic) bond motifs is 2. The van der Waals surface area contributed by atoms with E-state index in [0.29, 0.717) is 64.1 Å². The smallest absolute Gasteiger partial charge is 0.329 e. The van der Waals surface area contributed by atoms with Gasteiger partial charge in [-0.2, -0.15) is 10.4 Å². The molecule has 15 nitrogen and oxygen atoms in total. The summed E-state index contributed by atoms with van der Waals surface area (Å²) in [6.07, 6.45) is 8.20. The number of halogens is 3. The monoisotopic (exact) mass is 886 g/mol. The van der Waals surface area contributed by atoms with Crippen molar-refractivity contribution in [1.29, 1.82) is 5.26 Å². The number of piperidine rings is 1. The number of benzene rings is 3. The van der Waals surface area contributed by atoms with Crippen molar-refractivity contribution in [1.82, 2.24) is 34.3 Å². The van der Waals surface area contributed by atoms with Gasteiger partial charge >= 0.3 is 6.03 Å². The Morgan fingerprint density at radius 1 is 1.06 bits per heavy atom. The van der Waals surface area contributed by atoms with Crippen LogP contribution in [0.3, 0.4) is 0 Å². The highest BCUT2D eigenvalue weighted by atomic mass is 32.2. The second-order valence-electron chi connectivity index (χ2n) is 16.3. The number of aliphatic hydroxyl groups excluding tert-OH is 1. The summed E-state index contributed by atoms with van der Waals surface area (Å²) in [6.45, 7) is 3.20. The van der Waals surface area contributed by atoms with Crippen molar-refractivity contribution in [2.24, 2.45) is 7.05 Å². The number of amides is 3. The highest BCUT2D eigenvalue weighted by Gasteiger charge is 2.43. The Morgan fingerprint density at radius 2 is 1.86 bits per heavy atom. The zero-order chi connectivity index (χ0) is 44.3. The first kappa shape index (κ1) is 44.1. The summed E-state index contributed by atoms with van der Waals surface area (Å²) in [6, 6.07) is 12.1. The van der Waals surface area contributed by atoms with Crippen LogP contribution in [0.1, 0.15) is 68.4 Å². The average molecular weight is 887 g/mol. The van der Waals surface area contributed by atoms with E-state index < -0.39 is 23.8 Å². The Labute approximate surface area is 366 Å². The summed E-state index contributed by atoms with van der Waals surface area (Å²) >= 11 is 1.18. The second-order valence-corrected chi connectivity index (χ2v) is 17.4. The summed E-state index contributed by atoms with van der Waals surface area (Å²) < 4.78 is 63.3. The molecule has 9 rings (SSSR count). The molecular weight excluding hydrogens is 838 g/mol. The van der Waals surface area contributed by atoms with Gasteiger partial charge in [0.1, 0.15) is 29.4 Å². The summed E-state index contributed by atoms with van der Waals surface area (Å²) in [7, 11) is 3.52. The van der Waals surface area contributed by atoms with E-state index in [4.69, 9.17) is 14.6 Å². The van der Waals surface area contributed by atoms with E-state index in [-0.39, 0.29) is 54.4 Å². The highest BCUT2D eigenvalue weighted by molar-refractivity contribution is 7.98. The van der Waals surface area contributed by atoms with Gasteiger partial charge in [-0.25, -0.2) is 22.3 Å². The van der Waals surface area contributed by atoms with Crippen LogP contribution < -0.4 is 19.7 Å². The molecule has 1 aliphatic carbocycles. The molecule has 3 aromatic carbocycles. The van der Waals surface area contributed by atoms with Crippen molar-refractivity contribution >= 4 is 57.5 Å². The zero-order valence-electron chi connectivity index (χ0n) is 35.0. The molecule has 3 aliphatic heterocycles. The molecular formula is C44H49F3N10O5S. The number of likely N-dealkylation sites (N-methyl/N-ethyl adjacent to an activating group) is 1. The van der Waals surface area contributed by atoms with Gasteiger partial charge < -0.3 is 19.3 Å².